The number of esters is 1. The van der Waals surface area contributed by atoms with E-state index < -0.39 is 20.1 Å². The molecule has 4 rings (SSSR count). The van der Waals surface area contributed by atoms with Gasteiger partial charge < -0.3 is 13.9 Å². The molecule has 0 N–H and O–H groups in total. The van der Waals surface area contributed by atoms with E-state index in [4.69, 9.17) is 13.9 Å². The largest absolute Gasteiger partial charge is 0.463 e. The van der Waals surface area contributed by atoms with Crippen LogP contribution < -0.4 is 0 Å². The van der Waals surface area contributed by atoms with Gasteiger partial charge >= 0.3 is 5.97 Å². The van der Waals surface area contributed by atoms with E-state index in [0.717, 1.165) is 21.9 Å². The molecule has 0 amide bonds. The lowest BCUT2D eigenvalue weighted by atomic mass is 9.85. The SMILES string of the molecule is COC(=O)C1=C[C@@H](c2ccccc2)C[C@](O[Si](C)(C)C(C)(C)C)(c2ccc3ccccc3c2)O1. The number of hydrogen-bond donors (Lipinski definition) is 0. The molecular weight excluding hydrogens is 440 g/mol. The summed E-state index contributed by atoms with van der Waals surface area (Å²) < 4.78 is 18.7. The number of fused-ring (bicyclic) bond motifs is 1. The molecule has 0 bridgehead atoms. The second-order valence-electron chi connectivity index (χ2n) is 10.5. The minimum Gasteiger partial charge on any atom is -0.463 e. The van der Waals surface area contributed by atoms with Crippen LogP contribution in [0.25, 0.3) is 10.8 Å². The van der Waals surface area contributed by atoms with E-state index in [1.165, 1.54) is 7.11 Å². The Morgan fingerprint density at radius 1 is 0.971 bits per heavy atom. The van der Waals surface area contributed by atoms with E-state index in [1.54, 1.807) is 0 Å². The molecule has 1 aliphatic heterocycles. The third-order valence-corrected chi connectivity index (χ3v) is 11.6. The van der Waals surface area contributed by atoms with Crippen LogP contribution in [0.15, 0.2) is 84.6 Å². The van der Waals surface area contributed by atoms with Crippen molar-refractivity contribution in [2.75, 3.05) is 7.11 Å². The second-order valence-corrected chi connectivity index (χ2v) is 15.2. The Morgan fingerprint density at radius 3 is 2.26 bits per heavy atom. The molecule has 1 aliphatic rings. The third-order valence-electron chi connectivity index (χ3n) is 7.15. The topological polar surface area (TPSA) is 44.8 Å². The standard InChI is InChI=1S/C29H34O4Si/c1-28(2,3)34(5,6)33-29(25-17-16-22-14-10-11-15-23(22)18-25)20-24(21-12-8-7-9-13-21)19-26(32-29)27(30)31-4/h7-19,24H,20H2,1-6H3/t24-,29+/m1/s1. The van der Waals surface area contributed by atoms with Crippen molar-refractivity contribution in [1.82, 2.24) is 0 Å². The van der Waals surface area contributed by atoms with Gasteiger partial charge in [-0.05, 0) is 46.6 Å². The maximum Gasteiger partial charge on any atom is 0.373 e. The zero-order valence-corrected chi connectivity index (χ0v) is 21.9. The van der Waals surface area contributed by atoms with Gasteiger partial charge in [-0.1, -0.05) is 87.5 Å². The van der Waals surface area contributed by atoms with Gasteiger partial charge in [0.05, 0.1) is 7.11 Å². The lowest BCUT2D eigenvalue weighted by molar-refractivity contribution is -0.196. The Kier molecular flexibility index (Phi) is 6.45. The number of carbonyl (C=O) groups is 1. The molecule has 4 nitrogen and oxygen atoms in total. The zero-order valence-electron chi connectivity index (χ0n) is 20.9. The molecule has 0 aromatic heterocycles. The number of ether oxygens (including phenoxy) is 2. The van der Waals surface area contributed by atoms with E-state index in [2.05, 4.69) is 76.3 Å². The van der Waals surface area contributed by atoms with Gasteiger partial charge in [0.2, 0.25) is 11.5 Å². The predicted octanol–water partition coefficient (Wildman–Crippen LogP) is 7.28. The van der Waals surface area contributed by atoms with E-state index in [-0.39, 0.29) is 16.7 Å². The van der Waals surface area contributed by atoms with Crippen molar-refractivity contribution < 1.29 is 18.7 Å². The van der Waals surface area contributed by atoms with Crippen molar-refractivity contribution in [1.29, 1.82) is 0 Å². The number of hydrogen-bond acceptors (Lipinski definition) is 4. The first kappa shape index (κ1) is 24.2. The lowest BCUT2D eigenvalue weighted by Crippen LogP contribution is -2.51. The van der Waals surface area contributed by atoms with Crippen LogP contribution in [0.2, 0.25) is 18.1 Å². The fourth-order valence-electron chi connectivity index (χ4n) is 4.20. The van der Waals surface area contributed by atoms with E-state index in [1.807, 2.05) is 36.4 Å². The third kappa shape index (κ3) is 4.68. The second kappa shape index (κ2) is 9.04. The average Bonchev–Trinajstić information content (AvgIpc) is 2.82. The molecule has 34 heavy (non-hydrogen) atoms. The van der Waals surface area contributed by atoms with Crippen molar-refractivity contribution in [2.24, 2.45) is 0 Å². The summed E-state index contributed by atoms with van der Waals surface area (Å²) in [6, 6.07) is 24.7. The molecule has 0 saturated heterocycles. The molecule has 5 heteroatoms. The molecule has 3 aromatic carbocycles. The van der Waals surface area contributed by atoms with E-state index in [0.29, 0.717) is 6.42 Å². The van der Waals surface area contributed by atoms with Crippen LogP contribution in [-0.4, -0.2) is 21.4 Å². The predicted molar refractivity (Wildman–Crippen MR) is 139 cm³/mol. The smallest absolute Gasteiger partial charge is 0.373 e. The maximum absolute atomic E-state index is 12.8. The van der Waals surface area contributed by atoms with Crippen LogP contribution >= 0.6 is 0 Å². The van der Waals surface area contributed by atoms with Gasteiger partial charge in [0.15, 0.2) is 8.32 Å². The molecule has 3 aromatic rings. The van der Waals surface area contributed by atoms with Gasteiger partial charge in [-0.25, -0.2) is 4.79 Å². The van der Waals surface area contributed by atoms with Crippen molar-refractivity contribution in [3.63, 3.8) is 0 Å². The molecule has 178 valence electrons. The Labute approximate surface area is 203 Å². The number of benzene rings is 3. The van der Waals surface area contributed by atoms with Gasteiger partial charge in [-0.3, -0.25) is 0 Å². The highest BCUT2D eigenvalue weighted by atomic mass is 28.4. The summed E-state index contributed by atoms with van der Waals surface area (Å²) in [5, 5.41) is 2.20. The molecule has 0 spiro atoms. The molecule has 0 saturated carbocycles. The fraction of sp³-hybridized carbons (Fsp3) is 0.345. The summed E-state index contributed by atoms with van der Waals surface area (Å²) in [6.07, 6.45) is 2.43. The number of methoxy groups -OCH3 is 1. The minimum absolute atomic E-state index is 0.0466. The summed E-state index contributed by atoms with van der Waals surface area (Å²) in [7, 11) is -0.944. The first-order chi connectivity index (χ1) is 16.0. The van der Waals surface area contributed by atoms with Gasteiger partial charge in [-0.2, -0.15) is 0 Å². The highest BCUT2D eigenvalue weighted by Crippen LogP contribution is 2.50. The number of carbonyl (C=O) groups excluding carboxylic acids is 1. The van der Waals surface area contributed by atoms with Crippen molar-refractivity contribution in [3.8, 4) is 0 Å². The van der Waals surface area contributed by atoms with Gasteiger partial charge in [0, 0.05) is 17.9 Å². The molecule has 0 aliphatic carbocycles. The Morgan fingerprint density at radius 2 is 1.62 bits per heavy atom. The lowest BCUT2D eigenvalue weighted by Gasteiger charge is -2.48. The highest BCUT2D eigenvalue weighted by Gasteiger charge is 2.51. The maximum atomic E-state index is 12.8. The van der Waals surface area contributed by atoms with Crippen molar-refractivity contribution >= 4 is 25.1 Å². The number of rotatable bonds is 5. The molecule has 0 unspecified atom stereocenters. The highest BCUT2D eigenvalue weighted by molar-refractivity contribution is 6.74. The van der Waals surface area contributed by atoms with Crippen LogP contribution in [-0.2, 0) is 24.5 Å². The average molecular weight is 475 g/mol. The molecule has 0 fully saturated rings. The summed E-state index contributed by atoms with van der Waals surface area (Å²) >= 11 is 0. The molecular formula is C29H34O4Si. The Hall–Kier alpha value is -2.89. The summed E-state index contributed by atoms with van der Waals surface area (Å²) in [4.78, 5) is 12.8. The van der Waals surface area contributed by atoms with Crippen molar-refractivity contribution in [2.45, 2.75) is 57.0 Å². The summed E-state index contributed by atoms with van der Waals surface area (Å²) in [5.41, 5.74) is 2.02. The first-order valence-corrected chi connectivity index (χ1v) is 14.7. The molecule has 2 atom stereocenters. The van der Waals surface area contributed by atoms with Crippen LogP contribution in [0.1, 0.15) is 44.2 Å². The Balaban J connectivity index is 1.91. The van der Waals surface area contributed by atoms with Gasteiger partial charge in [-0.15, -0.1) is 0 Å². The monoisotopic (exact) mass is 474 g/mol. The van der Waals surface area contributed by atoms with Crippen LogP contribution in [0, 0.1) is 0 Å². The zero-order chi connectivity index (χ0) is 24.6. The number of allylic oxidation sites excluding steroid dienone is 1. The quantitative estimate of drug-likeness (QED) is 0.288. The van der Waals surface area contributed by atoms with Gasteiger partial charge in [0.25, 0.3) is 0 Å². The normalized spacial score (nSPS) is 21.0. The van der Waals surface area contributed by atoms with Crippen LogP contribution in [0.4, 0.5) is 0 Å². The van der Waals surface area contributed by atoms with E-state index >= 15 is 0 Å². The Bertz CT molecular complexity index is 1210. The summed E-state index contributed by atoms with van der Waals surface area (Å²) in [5.74, 6) is -1.49. The molecule has 0 radical (unpaired) electrons. The van der Waals surface area contributed by atoms with Gasteiger partial charge in [0.1, 0.15) is 0 Å². The summed E-state index contributed by atoms with van der Waals surface area (Å²) in [6.45, 7) is 11.1. The minimum atomic E-state index is -2.32. The van der Waals surface area contributed by atoms with Crippen LogP contribution in [0.3, 0.4) is 0 Å². The van der Waals surface area contributed by atoms with Crippen molar-refractivity contribution in [3.05, 3.63) is 95.8 Å². The van der Waals surface area contributed by atoms with Crippen LogP contribution in [0.5, 0.6) is 0 Å². The van der Waals surface area contributed by atoms with E-state index in [9.17, 15) is 4.79 Å². The molecule has 1 heterocycles. The first-order valence-electron chi connectivity index (χ1n) is 11.8. The fourth-order valence-corrected chi connectivity index (χ4v) is 5.57.